The van der Waals surface area contributed by atoms with Crippen molar-refractivity contribution in [3.8, 4) is 0 Å². The molecular weight excluding hydrogens is 446 g/mol. The second kappa shape index (κ2) is 9.38. The summed E-state index contributed by atoms with van der Waals surface area (Å²) in [5.41, 5.74) is 3.34. The first-order valence-corrected chi connectivity index (χ1v) is 11.7. The first-order chi connectivity index (χ1) is 16.9. The van der Waals surface area contributed by atoms with Crippen molar-refractivity contribution in [2.75, 3.05) is 5.32 Å². The van der Waals surface area contributed by atoms with E-state index in [0.717, 1.165) is 37.1 Å². The fourth-order valence-corrected chi connectivity index (χ4v) is 4.73. The lowest BCUT2D eigenvalue weighted by atomic mass is 9.93. The Morgan fingerprint density at radius 1 is 1.14 bits per heavy atom. The Morgan fingerprint density at radius 2 is 1.94 bits per heavy atom. The standard InChI is InChI=1S/C25H27N7O3/c1-15-9-16(2)32(30-15)13-23(34)29-22-10-17(7-8-27-22)24(35)21-12-31(18-3-5-19(33)6-4-18)25-20(21)11-26-14-28-25/h7-12,14,18-19,33H,3-6,13H2,1-2H3,(H,27,29,34)/t18-,19-. The quantitative estimate of drug-likeness (QED) is 0.412. The van der Waals surface area contributed by atoms with Gasteiger partial charge in [0.15, 0.2) is 5.78 Å². The number of aryl methyl sites for hydroxylation is 2. The summed E-state index contributed by atoms with van der Waals surface area (Å²) in [6.07, 6.45) is 9.31. The van der Waals surface area contributed by atoms with Crippen LogP contribution in [0.3, 0.4) is 0 Å². The predicted molar refractivity (Wildman–Crippen MR) is 129 cm³/mol. The molecule has 1 saturated carbocycles. The van der Waals surface area contributed by atoms with E-state index in [1.807, 2.05) is 30.7 Å². The molecule has 0 unspecified atom stereocenters. The molecule has 0 spiro atoms. The largest absolute Gasteiger partial charge is 0.393 e. The Balaban J connectivity index is 1.39. The molecule has 10 nitrogen and oxygen atoms in total. The molecule has 0 radical (unpaired) electrons. The number of amides is 1. The van der Waals surface area contributed by atoms with Crippen LogP contribution in [0.25, 0.3) is 11.0 Å². The van der Waals surface area contributed by atoms with Crippen molar-refractivity contribution in [1.29, 1.82) is 0 Å². The van der Waals surface area contributed by atoms with Gasteiger partial charge in [0.25, 0.3) is 0 Å². The molecule has 5 rings (SSSR count). The van der Waals surface area contributed by atoms with E-state index >= 15 is 0 Å². The number of fused-ring (bicyclic) bond motifs is 1. The predicted octanol–water partition coefficient (Wildman–Crippen LogP) is 2.99. The molecule has 1 fully saturated rings. The highest BCUT2D eigenvalue weighted by Gasteiger charge is 2.25. The average Bonchev–Trinajstić information content (AvgIpc) is 3.38. The monoisotopic (exact) mass is 473 g/mol. The first kappa shape index (κ1) is 22.9. The van der Waals surface area contributed by atoms with Crippen LogP contribution in [0.1, 0.15) is 59.0 Å². The van der Waals surface area contributed by atoms with Gasteiger partial charge in [-0.2, -0.15) is 5.10 Å². The molecule has 0 saturated heterocycles. The summed E-state index contributed by atoms with van der Waals surface area (Å²) in [5, 5.41) is 17.6. The molecule has 1 aliphatic rings. The number of hydrogen-bond donors (Lipinski definition) is 2. The third kappa shape index (κ3) is 4.69. The van der Waals surface area contributed by atoms with E-state index < -0.39 is 0 Å². The molecule has 1 aliphatic carbocycles. The molecule has 0 aromatic carbocycles. The highest BCUT2D eigenvalue weighted by molar-refractivity contribution is 6.16. The van der Waals surface area contributed by atoms with Gasteiger partial charge in [0.1, 0.15) is 24.3 Å². The third-order valence-corrected chi connectivity index (χ3v) is 6.48. The minimum Gasteiger partial charge on any atom is -0.393 e. The van der Waals surface area contributed by atoms with Crippen molar-refractivity contribution < 1.29 is 14.7 Å². The fraction of sp³-hybridized carbons (Fsp3) is 0.360. The number of aliphatic hydroxyl groups is 1. The molecule has 4 aromatic heterocycles. The van der Waals surface area contributed by atoms with Crippen LogP contribution in [0.2, 0.25) is 0 Å². The van der Waals surface area contributed by atoms with Gasteiger partial charge in [-0.05, 0) is 57.7 Å². The summed E-state index contributed by atoms with van der Waals surface area (Å²) < 4.78 is 3.66. The summed E-state index contributed by atoms with van der Waals surface area (Å²) >= 11 is 0. The van der Waals surface area contributed by atoms with E-state index in [2.05, 4.69) is 25.4 Å². The van der Waals surface area contributed by atoms with Crippen LogP contribution in [-0.4, -0.2) is 52.2 Å². The van der Waals surface area contributed by atoms with Crippen LogP contribution < -0.4 is 5.32 Å². The smallest absolute Gasteiger partial charge is 0.247 e. The second-order valence-corrected chi connectivity index (χ2v) is 9.06. The molecular formula is C25H27N7O3. The van der Waals surface area contributed by atoms with Gasteiger partial charge in [-0.25, -0.2) is 15.0 Å². The lowest BCUT2D eigenvalue weighted by Gasteiger charge is -2.26. The SMILES string of the molecule is Cc1cc(C)n(CC(=O)Nc2cc(C(=O)c3cn([C@H]4CC[C@H](O)CC4)c4ncncc34)ccn2)n1. The Hall–Kier alpha value is -3.92. The maximum atomic E-state index is 13.5. The van der Waals surface area contributed by atoms with Gasteiger partial charge < -0.3 is 15.0 Å². The van der Waals surface area contributed by atoms with E-state index in [-0.39, 0.29) is 30.4 Å². The van der Waals surface area contributed by atoms with Crippen LogP contribution in [0.15, 0.2) is 43.1 Å². The van der Waals surface area contributed by atoms with Gasteiger partial charge in [0, 0.05) is 41.3 Å². The van der Waals surface area contributed by atoms with Crippen LogP contribution in [0.5, 0.6) is 0 Å². The number of carbonyl (C=O) groups excluding carboxylic acids is 2. The van der Waals surface area contributed by atoms with Crippen molar-refractivity contribution >= 4 is 28.5 Å². The summed E-state index contributed by atoms with van der Waals surface area (Å²) in [4.78, 5) is 38.8. The van der Waals surface area contributed by atoms with Gasteiger partial charge in [-0.1, -0.05) is 0 Å². The Labute approximate surface area is 202 Å². The molecule has 180 valence electrons. The maximum Gasteiger partial charge on any atom is 0.247 e. The number of aromatic nitrogens is 6. The van der Waals surface area contributed by atoms with Crippen LogP contribution >= 0.6 is 0 Å². The fourth-order valence-electron chi connectivity index (χ4n) is 4.73. The van der Waals surface area contributed by atoms with Gasteiger partial charge >= 0.3 is 0 Å². The summed E-state index contributed by atoms with van der Waals surface area (Å²) in [6.45, 7) is 3.82. The van der Waals surface area contributed by atoms with E-state index in [1.165, 1.54) is 12.5 Å². The van der Waals surface area contributed by atoms with Gasteiger partial charge in [0.2, 0.25) is 5.91 Å². The van der Waals surface area contributed by atoms with Crippen LogP contribution in [-0.2, 0) is 11.3 Å². The van der Waals surface area contributed by atoms with E-state index in [1.54, 1.807) is 23.0 Å². The number of aliphatic hydroxyl groups excluding tert-OH is 1. The van der Waals surface area contributed by atoms with Crippen molar-refractivity contribution in [1.82, 2.24) is 29.3 Å². The molecule has 0 bridgehead atoms. The van der Waals surface area contributed by atoms with Gasteiger partial charge in [-0.15, -0.1) is 0 Å². The normalized spacial score (nSPS) is 18.0. The minimum absolute atomic E-state index is 0.0560. The zero-order chi connectivity index (χ0) is 24.5. The molecule has 10 heteroatoms. The molecule has 2 N–H and O–H groups in total. The number of carbonyl (C=O) groups is 2. The van der Waals surface area contributed by atoms with Crippen molar-refractivity contribution in [3.63, 3.8) is 0 Å². The van der Waals surface area contributed by atoms with Crippen molar-refractivity contribution in [2.45, 2.75) is 58.2 Å². The number of anilines is 1. The number of rotatable bonds is 6. The van der Waals surface area contributed by atoms with E-state index in [9.17, 15) is 14.7 Å². The zero-order valence-corrected chi connectivity index (χ0v) is 19.7. The number of pyridine rings is 1. The summed E-state index contributed by atoms with van der Waals surface area (Å²) in [5.74, 6) is -0.183. The molecule has 0 aliphatic heterocycles. The maximum absolute atomic E-state index is 13.5. The third-order valence-electron chi connectivity index (χ3n) is 6.48. The van der Waals surface area contributed by atoms with Gasteiger partial charge in [0.05, 0.1) is 17.4 Å². The number of hydrogen-bond acceptors (Lipinski definition) is 7. The molecule has 0 atom stereocenters. The second-order valence-electron chi connectivity index (χ2n) is 9.06. The zero-order valence-electron chi connectivity index (χ0n) is 19.7. The highest BCUT2D eigenvalue weighted by Crippen LogP contribution is 2.33. The Bertz CT molecular complexity index is 1400. The molecule has 1 amide bonds. The Kier molecular flexibility index (Phi) is 6.12. The number of nitrogens with one attached hydrogen (secondary N) is 1. The summed E-state index contributed by atoms with van der Waals surface area (Å²) in [7, 11) is 0. The molecule has 35 heavy (non-hydrogen) atoms. The number of nitrogens with zero attached hydrogens (tertiary/aromatic N) is 6. The highest BCUT2D eigenvalue weighted by atomic mass is 16.3. The lowest BCUT2D eigenvalue weighted by Crippen LogP contribution is -2.21. The molecule has 4 heterocycles. The van der Waals surface area contributed by atoms with E-state index in [4.69, 9.17) is 0 Å². The topological polar surface area (TPSA) is 128 Å². The number of ketones is 1. The Morgan fingerprint density at radius 3 is 2.69 bits per heavy atom. The van der Waals surface area contributed by atoms with Gasteiger partial charge in [-0.3, -0.25) is 14.3 Å². The first-order valence-electron chi connectivity index (χ1n) is 11.7. The van der Waals surface area contributed by atoms with Crippen LogP contribution in [0, 0.1) is 13.8 Å². The lowest BCUT2D eigenvalue weighted by molar-refractivity contribution is -0.117. The minimum atomic E-state index is -0.280. The molecule has 4 aromatic rings. The average molecular weight is 474 g/mol. The van der Waals surface area contributed by atoms with Crippen molar-refractivity contribution in [3.05, 3.63) is 65.6 Å². The van der Waals surface area contributed by atoms with Crippen molar-refractivity contribution in [2.24, 2.45) is 0 Å². The summed E-state index contributed by atoms with van der Waals surface area (Å²) in [6, 6.07) is 5.27. The van der Waals surface area contributed by atoms with Crippen LogP contribution in [0.4, 0.5) is 5.82 Å². The van der Waals surface area contributed by atoms with E-state index in [0.29, 0.717) is 28.0 Å².